The van der Waals surface area contributed by atoms with E-state index in [2.05, 4.69) is 0 Å². The molecule has 2 aliphatic heterocycles. The van der Waals surface area contributed by atoms with Crippen LogP contribution in [0.3, 0.4) is 0 Å². The van der Waals surface area contributed by atoms with E-state index >= 15 is 0 Å². The van der Waals surface area contributed by atoms with Crippen LogP contribution in [0.1, 0.15) is 0 Å². The summed E-state index contributed by atoms with van der Waals surface area (Å²) in [6.45, 7) is 0.703. The summed E-state index contributed by atoms with van der Waals surface area (Å²) in [6, 6.07) is 7.58. The van der Waals surface area contributed by atoms with Gasteiger partial charge in [0, 0.05) is 17.2 Å². The second kappa shape index (κ2) is 5.95. The van der Waals surface area contributed by atoms with Crippen molar-refractivity contribution < 1.29 is 24.2 Å². The molecule has 7 heteroatoms. The summed E-state index contributed by atoms with van der Waals surface area (Å²) in [6.07, 6.45) is -1.52. The molecule has 0 saturated carbocycles. The zero-order chi connectivity index (χ0) is 14.8. The molecular formula is C14H15NO5S. The number of thioether (sulfide) groups is 1. The van der Waals surface area contributed by atoms with Gasteiger partial charge in [0.2, 0.25) is 0 Å². The first-order valence-electron chi connectivity index (χ1n) is 6.67. The van der Waals surface area contributed by atoms with E-state index in [1.54, 1.807) is 11.8 Å². The number of benzene rings is 1. The fourth-order valence-corrected chi connectivity index (χ4v) is 3.32. The molecule has 3 rings (SSSR count). The number of nitrogens with zero attached hydrogens (tertiary/aromatic N) is 1. The Morgan fingerprint density at radius 3 is 2.90 bits per heavy atom. The maximum atomic E-state index is 12.5. The number of rotatable bonds is 2. The molecule has 1 saturated heterocycles. The van der Waals surface area contributed by atoms with E-state index in [0.717, 1.165) is 4.90 Å². The van der Waals surface area contributed by atoms with Gasteiger partial charge in [0.15, 0.2) is 12.2 Å². The number of carboxylic acid groups (broad SMARTS) is 1. The SMILES string of the molecule is O=C(O)[C@H]1CN(C(=O)[C@@H]2CSc3ccccc3O2)CCO1. The zero-order valence-corrected chi connectivity index (χ0v) is 12.0. The molecule has 0 radical (unpaired) electrons. The van der Waals surface area contributed by atoms with Crippen LogP contribution in [0.4, 0.5) is 0 Å². The number of carbonyl (C=O) groups is 2. The Bertz CT molecular complexity index is 564. The molecule has 0 unspecified atom stereocenters. The van der Waals surface area contributed by atoms with Gasteiger partial charge in [-0.3, -0.25) is 4.79 Å². The summed E-state index contributed by atoms with van der Waals surface area (Å²) in [4.78, 5) is 26.0. The van der Waals surface area contributed by atoms with Gasteiger partial charge in [0.05, 0.1) is 13.2 Å². The molecule has 1 aromatic carbocycles. The lowest BCUT2D eigenvalue weighted by atomic mass is 10.2. The van der Waals surface area contributed by atoms with Crippen LogP contribution in [0, 0.1) is 0 Å². The smallest absolute Gasteiger partial charge is 0.334 e. The number of hydrogen-bond acceptors (Lipinski definition) is 5. The second-order valence-corrected chi connectivity index (χ2v) is 5.91. The topological polar surface area (TPSA) is 76.1 Å². The van der Waals surface area contributed by atoms with Crippen molar-refractivity contribution in [2.24, 2.45) is 0 Å². The van der Waals surface area contributed by atoms with Crippen LogP contribution >= 0.6 is 11.8 Å². The Morgan fingerprint density at radius 1 is 1.29 bits per heavy atom. The van der Waals surface area contributed by atoms with E-state index in [-0.39, 0.29) is 19.1 Å². The molecule has 2 atom stereocenters. The Kier molecular flexibility index (Phi) is 4.03. The minimum atomic E-state index is -1.04. The van der Waals surface area contributed by atoms with Gasteiger partial charge in [-0.05, 0) is 12.1 Å². The van der Waals surface area contributed by atoms with Gasteiger partial charge in [-0.1, -0.05) is 12.1 Å². The van der Waals surface area contributed by atoms with Gasteiger partial charge in [0.1, 0.15) is 5.75 Å². The molecule has 1 aromatic rings. The highest BCUT2D eigenvalue weighted by Crippen LogP contribution is 2.35. The molecule has 0 aromatic heterocycles. The Balaban J connectivity index is 1.67. The predicted octanol–water partition coefficient (Wildman–Crippen LogP) is 0.852. The maximum Gasteiger partial charge on any atom is 0.334 e. The number of ether oxygens (including phenoxy) is 2. The zero-order valence-electron chi connectivity index (χ0n) is 11.2. The number of morpholine rings is 1. The lowest BCUT2D eigenvalue weighted by Crippen LogP contribution is -2.53. The number of carbonyl (C=O) groups excluding carboxylic acids is 1. The molecule has 1 amide bonds. The Hall–Kier alpha value is -1.73. The Labute approximate surface area is 126 Å². The lowest BCUT2D eigenvalue weighted by Gasteiger charge is -2.34. The van der Waals surface area contributed by atoms with Crippen LogP contribution in [0.2, 0.25) is 0 Å². The third-order valence-corrected chi connectivity index (χ3v) is 4.56. The molecule has 2 heterocycles. The molecule has 0 aliphatic carbocycles. The normalized spacial score (nSPS) is 24.9. The average molecular weight is 309 g/mol. The van der Waals surface area contributed by atoms with Crippen LogP contribution < -0.4 is 4.74 Å². The molecule has 21 heavy (non-hydrogen) atoms. The van der Waals surface area contributed by atoms with Gasteiger partial charge in [0.25, 0.3) is 5.91 Å². The Morgan fingerprint density at radius 2 is 2.10 bits per heavy atom. The van der Waals surface area contributed by atoms with Crippen LogP contribution in [0.25, 0.3) is 0 Å². The number of carboxylic acids is 1. The second-order valence-electron chi connectivity index (χ2n) is 4.85. The molecule has 0 spiro atoms. The number of hydrogen-bond donors (Lipinski definition) is 1. The third kappa shape index (κ3) is 2.98. The average Bonchev–Trinajstić information content (AvgIpc) is 2.53. The van der Waals surface area contributed by atoms with Gasteiger partial charge < -0.3 is 19.5 Å². The van der Waals surface area contributed by atoms with Gasteiger partial charge in [-0.15, -0.1) is 11.8 Å². The van der Waals surface area contributed by atoms with Crippen LogP contribution in [0.5, 0.6) is 5.75 Å². The molecule has 112 valence electrons. The molecule has 1 fully saturated rings. The molecular weight excluding hydrogens is 294 g/mol. The van der Waals surface area contributed by atoms with Crippen molar-refractivity contribution in [2.75, 3.05) is 25.4 Å². The molecule has 6 nitrogen and oxygen atoms in total. The fraction of sp³-hybridized carbons (Fsp3) is 0.429. The van der Waals surface area contributed by atoms with Crippen molar-refractivity contribution in [3.63, 3.8) is 0 Å². The van der Waals surface area contributed by atoms with Gasteiger partial charge in [-0.25, -0.2) is 4.79 Å². The van der Waals surface area contributed by atoms with E-state index in [1.165, 1.54) is 4.90 Å². The fourth-order valence-electron chi connectivity index (χ4n) is 2.34. The number of fused-ring (bicyclic) bond motifs is 1. The highest BCUT2D eigenvalue weighted by atomic mass is 32.2. The van der Waals surface area contributed by atoms with Crippen LogP contribution in [0.15, 0.2) is 29.2 Å². The monoisotopic (exact) mass is 309 g/mol. The molecule has 1 N–H and O–H groups in total. The van der Waals surface area contributed by atoms with Crippen LogP contribution in [-0.4, -0.2) is 59.5 Å². The largest absolute Gasteiger partial charge is 0.479 e. The first kappa shape index (κ1) is 14.2. The van der Waals surface area contributed by atoms with E-state index in [0.29, 0.717) is 18.0 Å². The quantitative estimate of drug-likeness (QED) is 0.873. The third-order valence-electron chi connectivity index (χ3n) is 3.44. The molecule has 0 bridgehead atoms. The van der Waals surface area contributed by atoms with Gasteiger partial charge >= 0.3 is 5.97 Å². The first-order valence-corrected chi connectivity index (χ1v) is 7.65. The number of aliphatic carboxylic acids is 1. The summed E-state index contributed by atoms with van der Waals surface area (Å²) in [5.74, 6) is 0.0174. The minimum absolute atomic E-state index is 0.0698. The minimum Gasteiger partial charge on any atom is -0.479 e. The van der Waals surface area contributed by atoms with E-state index in [4.69, 9.17) is 14.6 Å². The van der Waals surface area contributed by atoms with Crippen molar-refractivity contribution in [2.45, 2.75) is 17.1 Å². The highest BCUT2D eigenvalue weighted by Gasteiger charge is 2.35. The number of para-hydroxylation sites is 1. The number of amides is 1. The lowest BCUT2D eigenvalue weighted by molar-refractivity contribution is -0.161. The summed E-state index contributed by atoms with van der Waals surface area (Å²) >= 11 is 1.58. The first-order chi connectivity index (χ1) is 10.1. The molecule has 2 aliphatic rings. The van der Waals surface area contributed by atoms with E-state index < -0.39 is 18.2 Å². The van der Waals surface area contributed by atoms with Crippen molar-refractivity contribution in [1.29, 1.82) is 0 Å². The van der Waals surface area contributed by atoms with Crippen molar-refractivity contribution in [3.8, 4) is 5.75 Å². The van der Waals surface area contributed by atoms with E-state index in [1.807, 2.05) is 24.3 Å². The summed E-state index contributed by atoms with van der Waals surface area (Å²) in [5.41, 5.74) is 0. The maximum absolute atomic E-state index is 12.5. The summed E-state index contributed by atoms with van der Waals surface area (Å²) in [7, 11) is 0. The predicted molar refractivity (Wildman–Crippen MR) is 75.5 cm³/mol. The van der Waals surface area contributed by atoms with Crippen LogP contribution in [-0.2, 0) is 14.3 Å². The summed E-state index contributed by atoms with van der Waals surface area (Å²) < 4.78 is 10.9. The van der Waals surface area contributed by atoms with Gasteiger partial charge in [-0.2, -0.15) is 0 Å². The van der Waals surface area contributed by atoms with Crippen molar-refractivity contribution in [1.82, 2.24) is 4.90 Å². The van der Waals surface area contributed by atoms with E-state index in [9.17, 15) is 9.59 Å². The van der Waals surface area contributed by atoms with Crippen molar-refractivity contribution in [3.05, 3.63) is 24.3 Å². The standard InChI is InChI=1S/C14H15NO5S/c16-13(15-5-6-19-10(7-15)14(17)18)11-8-21-12-4-2-1-3-9(12)20-11/h1-4,10-11H,5-8H2,(H,17,18)/t10-,11+/m1/s1. The highest BCUT2D eigenvalue weighted by molar-refractivity contribution is 7.99. The van der Waals surface area contributed by atoms with Crippen molar-refractivity contribution >= 4 is 23.6 Å². The summed E-state index contributed by atoms with van der Waals surface area (Å²) in [5, 5.41) is 8.98.